The van der Waals surface area contributed by atoms with Crippen LogP contribution in [0.15, 0.2) is 0 Å². The van der Waals surface area contributed by atoms with Crippen LogP contribution in [0, 0.1) is 17.8 Å². The van der Waals surface area contributed by atoms with E-state index >= 15 is 0 Å². The molecule has 1 rings (SSSR count). The highest BCUT2D eigenvalue weighted by Crippen LogP contribution is 2.25. The average molecular weight is 226 g/mol. The third-order valence-electron chi connectivity index (χ3n) is 4.23. The quantitative estimate of drug-likeness (QED) is 0.781. The van der Waals surface area contributed by atoms with Crippen LogP contribution in [0.3, 0.4) is 0 Å². The first-order valence-electron chi connectivity index (χ1n) is 6.98. The monoisotopic (exact) mass is 226 g/mol. The van der Waals surface area contributed by atoms with Crippen molar-refractivity contribution in [3.05, 3.63) is 0 Å². The number of piperidine rings is 1. The second-order valence-corrected chi connectivity index (χ2v) is 6.08. The van der Waals surface area contributed by atoms with E-state index in [0.29, 0.717) is 0 Å². The SMILES string of the molecule is CC(C)CCC(C)N1CCC(C)C(CN)C1. The molecule has 0 radical (unpaired) electrons. The van der Waals surface area contributed by atoms with Gasteiger partial charge in [-0.2, -0.15) is 0 Å². The van der Waals surface area contributed by atoms with E-state index in [2.05, 4.69) is 32.6 Å². The van der Waals surface area contributed by atoms with Crippen molar-refractivity contribution in [2.45, 2.75) is 53.0 Å². The van der Waals surface area contributed by atoms with Gasteiger partial charge in [-0.15, -0.1) is 0 Å². The average Bonchev–Trinajstić information content (AvgIpc) is 2.26. The van der Waals surface area contributed by atoms with Crippen molar-refractivity contribution in [1.29, 1.82) is 0 Å². The Morgan fingerprint density at radius 3 is 2.50 bits per heavy atom. The first-order chi connectivity index (χ1) is 7.54. The summed E-state index contributed by atoms with van der Waals surface area (Å²) < 4.78 is 0. The molecule has 16 heavy (non-hydrogen) atoms. The summed E-state index contributed by atoms with van der Waals surface area (Å²) in [5.74, 6) is 2.37. The number of nitrogens with two attached hydrogens (primary N) is 1. The smallest absolute Gasteiger partial charge is 0.00671 e. The molecule has 1 fully saturated rings. The molecular formula is C14H30N2. The second kappa shape index (κ2) is 6.61. The van der Waals surface area contributed by atoms with Gasteiger partial charge in [-0.1, -0.05) is 20.8 Å². The van der Waals surface area contributed by atoms with Gasteiger partial charge in [0.1, 0.15) is 0 Å². The minimum Gasteiger partial charge on any atom is -0.330 e. The molecule has 2 N–H and O–H groups in total. The van der Waals surface area contributed by atoms with Crippen molar-refractivity contribution in [3.8, 4) is 0 Å². The molecule has 0 bridgehead atoms. The van der Waals surface area contributed by atoms with Crippen LogP contribution in [-0.4, -0.2) is 30.6 Å². The zero-order valence-electron chi connectivity index (χ0n) is 11.6. The van der Waals surface area contributed by atoms with Crippen LogP contribution >= 0.6 is 0 Å². The fraction of sp³-hybridized carbons (Fsp3) is 1.00. The van der Waals surface area contributed by atoms with Gasteiger partial charge in [0.2, 0.25) is 0 Å². The molecular weight excluding hydrogens is 196 g/mol. The van der Waals surface area contributed by atoms with Gasteiger partial charge < -0.3 is 10.6 Å². The molecule has 1 aliphatic rings. The van der Waals surface area contributed by atoms with E-state index in [1.165, 1.54) is 32.4 Å². The first kappa shape index (κ1) is 14.0. The van der Waals surface area contributed by atoms with Crippen molar-refractivity contribution in [3.63, 3.8) is 0 Å². The molecule has 0 aliphatic carbocycles. The molecule has 96 valence electrons. The number of likely N-dealkylation sites (tertiary alicyclic amines) is 1. The summed E-state index contributed by atoms with van der Waals surface area (Å²) in [6, 6.07) is 0.740. The van der Waals surface area contributed by atoms with E-state index in [1.807, 2.05) is 0 Å². The third kappa shape index (κ3) is 4.06. The number of nitrogens with zero attached hydrogens (tertiary/aromatic N) is 1. The Kier molecular flexibility index (Phi) is 5.77. The lowest BCUT2D eigenvalue weighted by molar-refractivity contribution is 0.0916. The van der Waals surface area contributed by atoms with Crippen LogP contribution < -0.4 is 5.73 Å². The van der Waals surface area contributed by atoms with Crippen molar-refractivity contribution in [2.75, 3.05) is 19.6 Å². The van der Waals surface area contributed by atoms with E-state index in [-0.39, 0.29) is 0 Å². The highest BCUT2D eigenvalue weighted by atomic mass is 15.2. The fourth-order valence-electron chi connectivity index (χ4n) is 2.64. The number of hydrogen-bond acceptors (Lipinski definition) is 2. The topological polar surface area (TPSA) is 29.3 Å². The number of rotatable bonds is 5. The van der Waals surface area contributed by atoms with E-state index in [1.54, 1.807) is 0 Å². The lowest BCUT2D eigenvalue weighted by atomic mass is 9.86. The van der Waals surface area contributed by atoms with Crippen LogP contribution in [0.2, 0.25) is 0 Å². The maximum Gasteiger partial charge on any atom is 0.00671 e. The highest BCUT2D eigenvalue weighted by Gasteiger charge is 2.27. The van der Waals surface area contributed by atoms with Gasteiger partial charge in [0.05, 0.1) is 0 Å². The van der Waals surface area contributed by atoms with Crippen LogP contribution in [0.25, 0.3) is 0 Å². The predicted octanol–water partition coefficient (Wildman–Crippen LogP) is 2.73. The van der Waals surface area contributed by atoms with Gasteiger partial charge >= 0.3 is 0 Å². The molecule has 0 aromatic rings. The summed E-state index contributed by atoms with van der Waals surface area (Å²) in [6.07, 6.45) is 4.01. The molecule has 1 saturated heterocycles. The maximum absolute atomic E-state index is 5.85. The highest BCUT2D eigenvalue weighted by molar-refractivity contribution is 4.81. The normalized spacial score (nSPS) is 29.6. The first-order valence-corrected chi connectivity index (χ1v) is 6.98. The van der Waals surface area contributed by atoms with Crippen LogP contribution in [-0.2, 0) is 0 Å². The van der Waals surface area contributed by atoms with Gasteiger partial charge in [0, 0.05) is 12.6 Å². The van der Waals surface area contributed by atoms with Gasteiger partial charge in [0.15, 0.2) is 0 Å². The van der Waals surface area contributed by atoms with E-state index in [4.69, 9.17) is 5.73 Å². The minimum absolute atomic E-state index is 0.718. The Morgan fingerprint density at radius 2 is 1.94 bits per heavy atom. The summed E-state index contributed by atoms with van der Waals surface area (Å²) in [7, 11) is 0. The van der Waals surface area contributed by atoms with E-state index in [0.717, 1.165) is 30.3 Å². The molecule has 3 unspecified atom stereocenters. The Labute approximate surface area is 102 Å². The molecule has 1 aliphatic heterocycles. The molecule has 2 nitrogen and oxygen atoms in total. The summed E-state index contributed by atoms with van der Waals surface area (Å²) in [4.78, 5) is 2.65. The van der Waals surface area contributed by atoms with E-state index < -0.39 is 0 Å². The van der Waals surface area contributed by atoms with Gasteiger partial charge in [-0.3, -0.25) is 0 Å². The lowest BCUT2D eigenvalue weighted by Crippen LogP contribution is -2.46. The maximum atomic E-state index is 5.85. The zero-order valence-corrected chi connectivity index (χ0v) is 11.6. The largest absolute Gasteiger partial charge is 0.330 e. The Bertz CT molecular complexity index is 191. The predicted molar refractivity (Wildman–Crippen MR) is 71.4 cm³/mol. The molecule has 0 amide bonds. The van der Waals surface area contributed by atoms with Crippen LogP contribution in [0.5, 0.6) is 0 Å². The van der Waals surface area contributed by atoms with Crippen molar-refractivity contribution in [1.82, 2.24) is 4.90 Å². The molecule has 0 aromatic heterocycles. The molecule has 3 atom stereocenters. The summed E-state index contributed by atoms with van der Waals surface area (Å²) >= 11 is 0. The standard InChI is InChI=1S/C14H30N2/c1-11(2)5-6-13(4)16-8-7-12(3)14(9-15)10-16/h11-14H,5-10,15H2,1-4H3. The zero-order chi connectivity index (χ0) is 12.1. The Morgan fingerprint density at radius 1 is 1.25 bits per heavy atom. The molecule has 0 spiro atoms. The van der Waals surface area contributed by atoms with Crippen LogP contribution in [0.1, 0.15) is 47.0 Å². The Hall–Kier alpha value is -0.0800. The molecule has 0 saturated carbocycles. The van der Waals surface area contributed by atoms with Crippen molar-refractivity contribution < 1.29 is 0 Å². The Balaban J connectivity index is 2.36. The summed E-state index contributed by atoms with van der Waals surface area (Å²) in [6.45, 7) is 12.7. The fourth-order valence-corrected chi connectivity index (χ4v) is 2.64. The number of hydrogen-bond donors (Lipinski definition) is 1. The van der Waals surface area contributed by atoms with E-state index in [9.17, 15) is 0 Å². The van der Waals surface area contributed by atoms with Crippen molar-refractivity contribution in [2.24, 2.45) is 23.5 Å². The summed E-state index contributed by atoms with van der Waals surface area (Å²) in [5.41, 5.74) is 5.85. The second-order valence-electron chi connectivity index (χ2n) is 6.08. The van der Waals surface area contributed by atoms with Gasteiger partial charge in [-0.05, 0) is 57.0 Å². The van der Waals surface area contributed by atoms with Crippen LogP contribution in [0.4, 0.5) is 0 Å². The van der Waals surface area contributed by atoms with Crippen molar-refractivity contribution >= 4 is 0 Å². The minimum atomic E-state index is 0.718. The molecule has 2 heteroatoms. The van der Waals surface area contributed by atoms with Gasteiger partial charge in [0.25, 0.3) is 0 Å². The molecule has 1 heterocycles. The summed E-state index contributed by atoms with van der Waals surface area (Å²) in [5, 5.41) is 0. The van der Waals surface area contributed by atoms with Gasteiger partial charge in [-0.25, -0.2) is 0 Å². The lowest BCUT2D eigenvalue weighted by Gasteiger charge is -2.40. The molecule has 0 aromatic carbocycles. The third-order valence-corrected chi connectivity index (χ3v) is 4.23.